The van der Waals surface area contributed by atoms with E-state index in [1.54, 1.807) is 11.1 Å². The van der Waals surface area contributed by atoms with Crippen LogP contribution < -0.4 is 5.32 Å². The van der Waals surface area contributed by atoms with Crippen LogP contribution in [0.15, 0.2) is 16.6 Å². The number of benzene rings is 1. The molecule has 2 aliphatic rings. The molecule has 3 rings (SSSR count). The normalized spacial score (nSPS) is 28.2. The maximum absolute atomic E-state index is 3.72. The molecule has 0 aromatic heterocycles. The molecule has 0 radical (unpaired) electrons. The monoisotopic (exact) mass is 322 g/mol. The van der Waals surface area contributed by atoms with Crippen LogP contribution in [0.3, 0.4) is 0 Å². The fourth-order valence-corrected chi connectivity index (χ4v) is 4.28. The van der Waals surface area contributed by atoms with Crippen molar-refractivity contribution in [3.8, 4) is 0 Å². The number of halogens is 1. The van der Waals surface area contributed by atoms with Crippen molar-refractivity contribution in [1.82, 2.24) is 10.2 Å². The molecule has 0 bridgehead atoms. The Morgan fingerprint density at radius 3 is 2.95 bits per heavy atom. The van der Waals surface area contributed by atoms with Crippen LogP contribution in [0.25, 0.3) is 0 Å². The summed E-state index contributed by atoms with van der Waals surface area (Å²) in [5.41, 5.74) is 4.63. The van der Waals surface area contributed by atoms with E-state index in [0.717, 1.165) is 19.0 Å². The second-order valence-corrected chi connectivity index (χ2v) is 6.93. The summed E-state index contributed by atoms with van der Waals surface area (Å²) >= 11 is 3.72. The molecule has 0 amide bonds. The van der Waals surface area contributed by atoms with E-state index in [1.165, 1.54) is 35.8 Å². The van der Waals surface area contributed by atoms with E-state index in [1.807, 2.05) is 0 Å². The predicted molar refractivity (Wildman–Crippen MR) is 83.7 cm³/mol. The minimum Gasteiger partial charge on any atom is -0.314 e. The first-order valence-corrected chi connectivity index (χ1v) is 8.14. The van der Waals surface area contributed by atoms with Crippen LogP contribution in [0.4, 0.5) is 0 Å². The molecule has 104 valence electrons. The summed E-state index contributed by atoms with van der Waals surface area (Å²) < 4.78 is 1.31. The molecule has 2 atom stereocenters. The Bertz CT molecular complexity index is 472. The van der Waals surface area contributed by atoms with Crippen molar-refractivity contribution in [3.05, 3.63) is 33.3 Å². The van der Waals surface area contributed by atoms with Gasteiger partial charge in [-0.25, -0.2) is 0 Å². The predicted octanol–water partition coefficient (Wildman–Crippen LogP) is 2.77. The summed E-state index contributed by atoms with van der Waals surface area (Å²) in [5, 5.41) is 3.56. The molecule has 1 heterocycles. The lowest BCUT2D eigenvalue weighted by atomic mass is 9.77. The maximum atomic E-state index is 3.72. The first-order valence-electron chi connectivity index (χ1n) is 7.34. The van der Waals surface area contributed by atoms with Gasteiger partial charge in [0.1, 0.15) is 0 Å². The van der Waals surface area contributed by atoms with Gasteiger partial charge in [0.05, 0.1) is 0 Å². The van der Waals surface area contributed by atoms with Crippen molar-refractivity contribution in [2.75, 3.05) is 26.7 Å². The number of likely N-dealkylation sites (N-methyl/N-ethyl adjacent to an activating group) is 1. The Morgan fingerprint density at radius 2 is 2.16 bits per heavy atom. The highest BCUT2D eigenvalue weighted by Gasteiger charge is 2.31. The SMILES string of the molecule is Cc1ccc(Br)c2c1CC(C1CNCCN1C)CC2. The first-order chi connectivity index (χ1) is 9.16. The number of rotatable bonds is 1. The third-order valence-corrected chi connectivity index (χ3v) is 5.69. The van der Waals surface area contributed by atoms with Gasteiger partial charge < -0.3 is 10.2 Å². The zero-order valence-electron chi connectivity index (χ0n) is 11.9. The summed E-state index contributed by atoms with van der Waals surface area (Å²) in [7, 11) is 2.29. The lowest BCUT2D eigenvalue weighted by molar-refractivity contribution is 0.133. The number of aryl methyl sites for hydroxylation is 1. The molecular formula is C16H23BrN2. The van der Waals surface area contributed by atoms with E-state index in [2.05, 4.69) is 52.3 Å². The van der Waals surface area contributed by atoms with Crippen LogP contribution in [0.5, 0.6) is 0 Å². The summed E-state index contributed by atoms with van der Waals surface area (Å²) in [6, 6.07) is 5.18. The molecule has 1 fully saturated rings. The van der Waals surface area contributed by atoms with Crippen molar-refractivity contribution < 1.29 is 0 Å². The van der Waals surface area contributed by atoms with Crippen molar-refractivity contribution in [1.29, 1.82) is 0 Å². The van der Waals surface area contributed by atoms with Gasteiger partial charge in [-0.1, -0.05) is 22.0 Å². The van der Waals surface area contributed by atoms with Crippen molar-refractivity contribution in [2.24, 2.45) is 5.92 Å². The summed E-state index contributed by atoms with van der Waals surface area (Å²) in [4.78, 5) is 2.56. The standard InChI is InChI=1S/C16H23BrN2/c1-11-3-6-15(17)13-5-4-12(9-14(11)13)16-10-18-7-8-19(16)2/h3,6,12,16,18H,4-5,7-10H2,1-2H3. The molecule has 1 aliphatic carbocycles. The number of fused-ring (bicyclic) bond motifs is 1. The second kappa shape index (κ2) is 5.55. The molecular weight excluding hydrogens is 300 g/mol. The molecule has 1 aromatic rings. The van der Waals surface area contributed by atoms with Gasteiger partial charge in [-0.15, -0.1) is 0 Å². The number of hydrogen-bond donors (Lipinski definition) is 1. The van der Waals surface area contributed by atoms with Crippen LogP contribution in [0.2, 0.25) is 0 Å². The van der Waals surface area contributed by atoms with E-state index in [0.29, 0.717) is 6.04 Å². The van der Waals surface area contributed by atoms with Gasteiger partial charge in [0, 0.05) is 30.1 Å². The lowest BCUT2D eigenvalue weighted by Gasteiger charge is -2.41. The first kappa shape index (κ1) is 13.6. The van der Waals surface area contributed by atoms with Crippen LogP contribution in [0.1, 0.15) is 23.1 Å². The molecule has 1 N–H and O–H groups in total. The Morgan fingerprint density at radius 1 is 1.32 bits per heavy atom. The topological polar surface area (TPSA) is 15.3 Å². The zero-order valence-corrected chi connectivity index (χ0v) is 13.5. The van der Waals surface area contributed by atoms with E-state index in [4.69, 9.17) is 0 Å². The van der Waals surface area contributed by atoms with Crippen LogP contribution in [-0.4, -0.2) is 37.6 Å². The Hall–Kier alpha value is -0.380. The van der Waals surface area contributed by atoms with E-state index in [-0.39, 0.29) is 0 Å². The number of piperazine rings is 1. The molecule has 2 unspecified atom stereocenters. The molecule has 0 spiro atoms. The number of nitrogens with zero attached hydrogens (tertiary/aromatic N) is 1. The molecule has 19 heavy (non-hydrogen) atoms. The van der Waals surface area contributed by atoms with Gasteiger partial charge in [0.25, 0.3) is 0 Å². The molecule has 0 saturated carbocycles. The number of nitrogens with one attached hydrogen (secondary N) is 1. The van der Waals surface area contributed by atoms with E-state index >= 15 is 0 Å². The molecule has 1 aromatic carbocycles. The highest BCUT2D eigenvalue weighted by Crippen LogP contribution is 2.35. The maximum Gasteiger partial charge on any atom is 0.0249 e. The summed E-state index contributed by atoms with van der Waals surface area (Å²) in [6.07, 6.45) is 3.80. The number of hydrogen-bond acceptors (Lipinski definition) is 2. The average molecular weight is 323 g/mol. The lowest BCUT2D eigenvalue weighted by Crippen LogP contribution is -2.53. The Balaban J connectivity index is 1.83. The minimum absolute atomic E-state index is 0.709. The van der Waals surface area contributed by atoms with Crippen LogP contribution in [0, 0.1) is 12.8 Å². The Kier molecular flexibility index (Phi) is 3.97. The highest BCUT2D eigenvalue weighted by atomic mass is 79.9. The largest absolute Gasteiger partial charge is 0.314 e. The van der Waals surface area contributed by atoms with Crippen molar-refractivity contribution in [2.45, 2.75) is 32.2 Å². The van der Waals surface area contributed by atoms with Crippen LogP contribution >= 0.6 is 15.9 Å². The van der Waals surface area contributed by atoms with Gasteiger partial charge in [-0.2, -0.15) is 0 Å². The van der Waals surface area contributed by atoms with Crippen LogP contribution in [-0.2, 0) is 12.8 Å². The average Bonchev–Trinajstić information content (AvgIpc) is 2.43. The highest BCUT2D eigenvalue weighted by molar-refractivity contribution is 9.10. The fraction of sp³-hybridized carbons (Fsp3) is 0.625. The van der Waals surface area contributed by atoms with Gasteiger partial charge in [-0.3, -0.25) is 0 Å². The summed E-state index contributed by atoms with van der Waals surface area (Å²) in [5.74, 6) is 0.804. The molecule has 2 nitrogen and oxygen atoms in total. The third kappa shape index (κ3) is 2.61. The zero-order chi connectivity index (χ0) is 13.4. The Labute approximate surface area is 124 Å². The van der Waals surface area contributed by atoms with E-state index < -0.39 is 0 Å². The minimum atomic E-state index is 0.709. The summed E-state index contributed by atoms with van der Waals surface area (Å²) in [6.45, 7) is 5.74. The van der Waals surface area contributed by atoms with Crippen molar-refractivity contribution in [3.63, 3.8) is 0 Å². The second-order valence-electron chi connectivity index (χ2n) is 6.08. The molecule has 3 heteroatoms. The molecule has 1 aliphatic heterocycles. The quantitative estimate of drug-likeness (QED) is 0.855. The fourth-order valence-electron chi connectivity index (χ4n) is 3.71. The van der Waals surface area contributed by atoms with Gasteiger partial charge in [0.2, 0.25) is 0 Å². The van der Waals surface area contributed by atoms with Crippen molar-refractivity contribution >= 4 is 15.9 Å². The van der Waals surface area contributed by atoms with Gasteiger partial charge in [0.15, 0.2) is 0 Å². The third-order valence-electron chi connectivity index (χ3n) is 4.94. The van der Waals surface area contributed by atoms with E-state index in [9.17, 15) is 0 Å². The smallest absolute Gasteiger partial charge is 0.0249 e. The van der Waals surface area contributed by atoms with Gasteiger partial charge in [-0.05, 0) is 61.9 Å². The molecule has 1 saturated heterocycles. The van der Waals surface area contributed by atoms with Gasteiger partial charge >= 0.3 is 0 Å².